The summed E-state index contributed by atoms with van der Waals surface area (Å²) in [6.07, 6.45) is 4.98. The van der Waals surface area contributed by atoms with Crippen LogP contribution in [0.15, 0.2) is 30.3 Å². The molecule has 2 fully saturated rings. The second kappa shape index (κ2) is 6.06. The van der Waals surface area contributed by atoms with Crippen molar-refractivity contribution in [3.8, 4) is 0 Å². The monoisotopic (exact) mass is 289 g/mol. The van der Waals surface area contributed by atoms with E-state index in [2.05, 4.69) is 5.32 Å². The Balaban J connectivity index is 1.48. The highest BCUT2D eigenvalue weighted by Gasteiger charge is 2.49. The van der Waals surface area contributed by atoms with Crippen LogP contribution in [-0.4, -0.2) is 23.8 Å². The fourth-order valence-corrected chi connectivity index (χ4v) is 4.08. The van der Waals surface area contributed by atoms with Crippen molar-refractivity contribution in [2.75, 3.05) is 6.61 Å². The van der Waals surface area contributed by atoms with Gasteiger partial charge in [-0.1, -0.05) is 36.8 Å². The maximum atomic E-state index is 11.9. The quantitative estimate of drug-likeness (QED) is 0.896. The number of aliphatic hydroxyl groups excluding tert-OH is 1. The highest BCUT2D eigenvalue weighted by Crippen LogP contribution is 2.53. The predicted octanol–water partition coefficient (Wildman–Crippen LogP) is 2.85. The zero-order valence-electron chi connectivity index (χ0n) is 12.3. The summed E-state index contributed by atoms with van der Waals surface area (Å²) in [4.78, 5) is 11.9. The summed E-state index contributed by atoms with van der Waals surface area (Å²) in [5, 5.41) is 12.7. The Hall–Kier alpha value is -1.55. The molecule has 2 aliphatic carbocycles. The number of nitrogens with one attached hydrogen (secondary N) is 1. The normalized spacial score (nSPS) is 30.9. The Kier molecular flexibility index (Phi) is 4.15. The van der Waals surface area contributed by atoms with Gasteiger partial charge in [-0.05, 0) is 42.6 Å². The van der Waals surface area contributed by atoms with Crippen molar-refractivity contribution in [1.29, 1.82) is 0 Å². The number of aliphatic hydroxyl groups is 1. The van der Waals surface area contributed by atoms with Gasteiger partial charge >= 0.3 is 6.09 Å². The van der Waals surface area contributed by atoms with Crippen LogP contribution in [0.5, 0.6) is 0 Å². The van der Waals surface area contributed by atoms with Crippen LogP contribution in [0.2, 0.25) is 0 Å². The molecule has 1 aromatic carbocycles. The Bertz CT molecular complexity index is 490. The number of ether oxygens (including phenoxy) is 1. The molecule has 0 heterocycles. The third-order valence-electron chi connectivity index (χ3n) is 5.16. The minimum atomic E-state index is -0.350. The van der Waals surface area contributed by atoms with Gasteiger partial charge in [0, 0.05) is 12.6 Å². The molecule has 2 aliphatic rings. The van der Waals surface area contributed by atoms with Crippen LogP contribution in [-0.2, 0) is 11.3 Å². The number of amides is 1. The van der Waals surface area contributed by atoms with Gasteiger partial charge in [-0.3, -0.25) is 0 Å². The molecule has 114 valence electrons. The zero-order valence-corrected chi connectivity index (χ0v) is 12.3. The Morgan fingerprint density at radius 1 is 1.38 bits per heavy atom. The smallest absolute Gasteiger partial charge is 0.407 e. The Labute approximate surface area is 125 Å². The molecule has 2 saturated carbocycles. The molecule has 1 amide bonds. The van der Waals surface area contributed by atoms with Crippen molar-refractivity contribution in [2.45, 2.75) is 44.8 Å². The number of fused-ring (bicyclic) bond motifs is 1. The van der Waals surface area contributed by atoms with Gasteiger partial charge in [-0.2, -0.15) is 0 Å². The van der Waals surface area contributed by atoms with Crippen LogP contribution in [0.4, 0.5) is 4.79 Å². The highest BCUT2D eigenvalue weighted by atomic mass is 16.5. The lowest BCUT2D eigenvalue weighted by Crippen LogP contribution is -2.35. The van der Waals surface area contributed by atoms with Gasteiger partial charge in [0.15, 0.2) is 0 Å². The largest absolute Gasteiger partial charge is 0.445 e. The summed E-state index contributed by atoms with van der Waals surface area (Å²) in [5.41, 5.74) is 1.04. The summed E-state index contributed by atoms with van der Waals surface area (Å²) in [5.74, 6) is 0.557. The summed E-state index contributed by atoms with van der Waals surface area (Å²) in [6.45, 7) is 0.545. The van der Waals surface area contributed by atoms with Crippen molar-refractivity contribution in [1.82, 2.24) is 5.32 Å². The minimum absolute atomic E-state index is 0.0530. The summed E-state index contributed by atoms with van der Waals surface area (Å²) < 4.78 is 5.27. The molecule has 0 unspecified atom stereocenters. The number of hydrogen-bond donors (Lipinski definition) is 2. The summed E-state index contributed by atoms with van der Waals surface area (Å²) >= 11 is 0. The fraction of sp³-hybridized carbons (Fsp3) is 0.588. The van der Waals surface area contributed by atoms with Crippen molar-refractivity contribution >= 4 is 6.09 Å². The Morgan fingerprint density at radius 3 is 2.90 bits per heavy atom. The maximum absolute atomic E-state index is 11.9. The lowest BCUT2D eigenvalue weighted by Gasteiger charge is -2.26. The molecule has 4 heteroatoms. The van der Waals surface area contributed by atoms with E-state index in [0.717, 1.165) is 24.8 Å². The number of rotatable bonds is 4. The van der Waals surface area contributed by atoms with E-state index in [1.165, 1.54) is 12.8 Å². The van der Waals surface area contributed by atoms with Crippen LogP contribution in [0.3, 0.4) is 0 Å². The molecule has 3 atom stereocenters. The average Bonchev–Trinajstić information content (AvgIpc) is 3.03. The zero-order chi connectivity index (χ0) is 14.7. The molecule has 0 aliphatic heterocycles. The number of alkyl carbamates (subject to hydrolysis) is 1. The predicted molar refractivity (Wildman–Crippen MR) is 79.6 cm³/mol. The molecular weight excluding hydrogens is 266 g/mol. The van der Waals surface area contributed by atoms with Crippen molar-refractivity contribution in [3.63, 3.8) is 0 Å². The molecule has 3 rings (SSSR count). The van der Waals surface area contributed by atoms with E-state index in [0.29, 0.717) is 12.5 Å². The van der Waals surface area contributed by atoms with Crippen LogP contribution < -0.4 is 5.32 Å². The lowest BCUT2D eigenvalue weighted by molar-refractivity contribution is 0.103. The van der Waals surface area contributed by atoms with E-state index in [1.54, 1.807) is 0 Å². The molecule has 2 N–H and O–H groups in total. The van der Waals surface area contributed by atoms with E-state index in [4.69, 9.17) is 4.74 Å². The van der Waals surface area contributed by atoms with Crippen LogP contribution in [0.1, 0.15) is 37.7 Å². The van der Waals surface area contributed by atoms with Crippen molar-refractivity contribution in [3.05, 3.63) is 35.9 Å². The van der Waals surface area contributed by atoms with Gasteiger partial charge in [0.05, 0.1) is 0 Å². The second-order valence-corrected chi connectivity index (χ2v) is 6.45. The van der Waals surface area contributed by atoms with Gasteiger partial charge in [-0.25, -0.2) is 4.79 Å². The standard InChI is InChI=1S/C17H23NO3/c19-12-17-8-4-7-14(17)9-15(10-17)18-16(20)21-11-13-5-2-1-3-6-13/h1-3,5-6,14-15,19H,4,7-12H2,(H,18,20)/t14-,15+,17+/m0/s1. The first-order valence-corrected chi connectivity index (χ1v) is 7.80. The molecule has 0 spiro atoms. The third kappa shape index (κ3) is 3.05. The number of carbonyl (C=O) groups excluding carboxylic acids is 1. The van der Waals surface area contributed by atoms with Gasteiger partial charge in [0.2, 0.25) is 0 Å². The fourth-order valence-electron chi connectivity index (χ4n) is 4.08. The molecular formula is C17H23NO3. The molecule has 1 aromatic rings. The van der Waals surface area contributed by atoms with Crippen LogP contribution in [0.25, 0.3) is 0 Å². The minimum Gasteiger partial charge on any atom is -0.445 e. The molecule has 0 saturated heterocycles. The number of benzene rings is 1. The molecule has 4 nitrogen and oxygen atoms in total. The van der Waals surface area contributed by atoms with Crippen LogP contribution in [0, 0.1) is 11.3 Å². The van der Waals surface area contributed by atoms with Crippen molar-refractivity contribution < 1.29 is 14.6 Å². The van der Waals surface area contributed by atoms with E-state index >= 15 is 0 Å². The Morgan fingerprint density at radius 2 is 2.19 bits per heavy atom. The number of hydrogen-bond acceptors (Lipinski definition) is 3. The van der Waals surface area contributed by atoms with Gasteiger partial charge in [-0.15, -0.1) is 0 Å². The molecule has 0 bridgehead atoms. The van der Waals surface area contributed by atoms with Gasteiger partial charge in [0.1, 0.15) is 6.61 Å². The molecule has 21 heavy (non-hydrogen) atoms. The lowest BCUT2D eigenvalue weighted by atomic mass is 9.81. The first-order chi connectivity index (χ1) is 10.2. The topological polar surface area (TPSA) is 58.6 Å². The van der Waals surface area contributed by atoms with Crippen molar-refractivity contribution in [2.24, 2.45) is 11.3 Å². The highest BCUT2D eigenvalue weighted by molar-refractivity contribution is 5.67. The van der Waals surface area contributed by atoms with E-state index in [1.807, 2.05) is 30.3 Å². The number of carbonyl (C=O) groups is 1. The summed E-state index contributed by atoms with van der Waals surface area (Å²) in [7, 11) is 0. The van der Waals surface area contributed by atoms with E-state index in [-0.39, 0.29) is 24.2 Å². The third-order valence-corrected chi connectivity index (χ3v) is 5.16. The second-order valence-electron chi connectivity index (χ2n) is 6.45. The first kappa shape index (κ1) is 14.4. The summed E-state index contributed by atoms with van der Waals surface area (Å²) in [6, 6.07) is 9.82. The van der Waals surface area contributed by atoms with Gasteiger partial charge in [0.25, 0.3) is 0 Å². The maximum Gasteiger partial charge on any atom is 0.407 e. The SMILES string of the molecule is O=C(N[C@@H]1C[C@@H]2CCC[C@]2(CO)C1)OCc1ccccc1. The van der Waals surface area contributed by atoms with Crippen LogP contribution >= 0.6 is 0 Å². The van der Waals surface area contributed by atoms with E-state index < -0.39 is 0 Å². The first-order valence-electron chi connectivity index (χ1n) is 7.80. The average molecular weight is 289 g/mol. The molecule has 0 radical (unpaired) electrons. The van der Waals surface area contributed by atoms with E-state index in [9.17, 15) is 9.90 Å². The van der Waals surface area contributed by atoms with Gasteiger partial charge < -0.3 is 15.2 Å². The molecule has 0 aromatic heterocycles.